The summed E-state index contributed by atoms with van der Waals surface area (Å²) in [6.45, 7) is 0.652. The van der Waals surface area contributed by atoms with Crippen molar-refractivity contribution in [3.05, 3.63) is 46.2 Å². The first-order chi connectivity index (χ1) is 10.1. The van der Waals surface area contributed by atoms with Crippen molar-refractivity contribution in [3.63, 3.8) is 0 Å². The van der Waals surface area contributed by atoms with Gasteiger partial charge in [-0.05, 0) is 17.7 Å². The molecule has 110 valence electrons. The highest BCUT2D eigenvalue weighted by Crippen LogP contribution is 2.35. The van der Waals surface area contributed by atoms with Crippen molar-refractivity contribution >= 4 is 35.0 Å². The topological polar surface area (TPSA) is 35.0 Å². The molecule has 7 heteroatoms. The van der Waals surface area contributed by atoms with Crippen LogP contribution >= 0.6 is 35.0 Å². The summed E-state index contributed by atoms with van der Waals surface area (Å²) in [5, 5.41) is 0.407. The van der Waals surface area contributed by atoms with E-state index in [1.807, 2.05) is 0 Å². The van der Waals surface area contributed by atoms with Crippen LogP contribution in [0.1, 0.15) is 11.9 Å². The third-order valence-corrected chi connectivity index (χ3v) is 4.60. The highest BCUT2D eigenvalue weighted by Gasteiger charge is 2.22. The Morgan fingerprint density at radius 2 is 2.00 bits per heavy atom. The van der Waals surface area contributed by atoms with Gasteiger partial charge < -0.3 is 4.74 Å². The fourth-order valence-electron chi connectivity index (χ4n) is 2.09. The van der Waals surface area contributed by atoms with E-state index in [9.17, 15) is 4.39 Å². The lowest BCUT2D eigenvalue weighted by Gasteiger charge is -2.21. The quantitative estimate of drug-likeness (QED) is 0.756. The molecule has 0 radical (unpaired) electrons. The minimum absolute atomic E-state index is 0.203. The van der Waals surface area contributed by atoms with Gasteiger partial charge in [0.1, 0.15) is 22.2 Å². The van der Waals surface area contributed by atoms with Crippen molar-refractivity contribution < 1.29 is 9.13 Å². The van der Waals surface area contributed by atoms with Crippen LogP contribution in [0, 0.1) is 5.82 Å². The molecule has 0 N–H and O–H groups in total. The van der Waals surface area contributed by atoms with Crippen LogP contribution in [-0.2, 0) is 4.74 Å². The zero-order chi connectivity index (χ0) is 14.8. The minimum atomic E-state index is -0.365. The highest BCUT2D eigenvalue weighted by molar-refractivity contribution is 7.99. The Labute approximate surface area is 135 Å². The number of hydrogen-bond acceptors (Lipinski definition) is 4. The molecule has 0 amide bonds. The monoisotopic (exact) mass is 344 g/mol. The summed E-state index contributed by atoms with van der Waals surface area (Å²) in [6, 6.07) is 6.01. The number of thioether (sulfide) groups is 1. The van der Waals surface area contributed by atoms with E-state index in [4.69, 9.17) is 27.9 Å². The van der Waals surface area contributed by atoms with Crippen molar-refractivity contribution in [1.82, 2.24) is 9.97 Å². The van der Waals surface area contributed by atoms with Crippen molar-refractivity contribution in [3.8, 4) is 11.1 Å². The molecule has 0 saturated carbocycles. The van der Waals surface area contributed by atoms with Crippen LogP contribution in [0.2, 0.25) is 10.3 Å². The van der Waals surface area contributed by atoms with E-state index in [-0.39, 0.29) is 22.2 Å². The summed E-state index contributed by atoms with van der Waals surface area (Å²) in [5.41, 5.74) is 0.987. The molecule has 2 heterocycles. The Morgan fingerprint density at radius 1 is 1.24 bits per heavy atom. The lowest BCUT2D eigenvalue weighted by molar-refractivity contribution is 0.0694. The Morgan fingerprint density at radius 3 is 2.62 bits per heavy atom. The first-order valence-electron chi connectivity index (χ1n) is 6.33. The van der Waals surface area contributed by atoms with Gasteiger partial charge in [0.15, 0.2) is 5.82 Å². The maximum atomic E-state index is 13.3. The van der Waals surface area contributed by atoms with E-state index < -0.39 is 0 Å². The van der Waals surface area contributed by atoms with Crippen LogP contribution in [0.3, 0.4) is 0 Å². The summed E-state index contributed by atoms with van der Waals surface area (Å²) in [5.74, 6) is 1.83. The predicted octanol–water partition coefficient (Wildman–Crippen LogP) is 4.39. The van der Waals surface area contributed by atoms with Crippen molar-refractivity contribution in [2.75, 3.05) is 18.1 Å². The summed E-state index contributed by atoms with van der Waals surface area (Å²) in [6.07, 6.45) is -0.208. The molecule has 1 aromatic heterocycles. The van der Waals surface area contributed by atoms with Gasteiger partial charge in [0.05, 0.1) is 12.2 Å². The summed E-state index contributed by atoms with van der Waals surface area (Å²) in [4.78, 5) is 8.55. The molecule has 3 rings (SSSR count). The van der Waals surface area contributed by atoms with Crippen LogP contribution in [-0.4, -0.2) is 28.1 Å². The first kappa shape index (κ1) is 15.0. The van der Waals surface area contributed by atoms with Gasteiger partial charge in [-0.1, -0.05) is 35.3 Å². The van der Waals surface area contributed by atoms with Crippen molar-refractivity contribution in [2.24, 2.45) is 0 Å². The molecule has 1 aliphatic heterocycles. The van der Waals surface area contributed by atoms with E-state index in [1.165, 1.54) is 12.1 Å². The van der Waals surface area contributed by atoms with E-state index in [0.29, 0.717) is 23.6 Å². The van der Waals surface area contributed by atoms with Gasteiger partial charge in [-0.3, -0.25) is 0 Å². The Balaban J connectivity index is 2.00. The van der Waals surface area contributed by atoms with Gasteiger partial charge in [-0.25, -0.2) is 14.4 Å². The SMILES string of the molecule is Fc1cccc(-c2c(Cl)nc(C3CSCCO3)nc2Cl)c1. The number of ether oxygens (including phenoxy) is 1. The predicted molar refractivity (Wildman–Crippen MR) is 83.5 cm³/mol. The van der Waals surface area contributed by atoms with E-state index >= 15 is 0 Å². The number of hydrogen-bond donors (Lipinski definition) is 0. The molecule has 1 atom stereocenters. The van der Waals surface area contributed by atoms with Crippen LogP contribution < -0.4 is 0 Å². The van der Waals surface area contributed by atoms with Crippen LogP contribution in [0.25, 0.3) is 11.1 Å². The molecule has 21 heavy (non-hydrogen) atoms. The fraction of sp³-hybridized carbons (Fsp3) is 0.286. The number of rotatable bonds is 2. The molecule has 3 nitrogen and oxygen atoms in total. The van der Waals surface area contributed by atoms with Crippen LogP contribution in [0.5, 0.6) is 0 Å². The Hall–Kier alpha value is -0.880. The second-order valence-corrected chi connectivity index (χ2v) is 6.35. The van der Waals surface area contributed by atoms with E-state index in [1.54, 1.807) is 23.9 Å². The molecular formula is C14H11Cl2FN2OS. The van der Waals surface area contributed by atoms with Crippen molar-refractivity contribution in [2.45, 2.75) is 6.10 Å². The van der Waals surface area contributed by atoms with Crippen molar-refractivity contribution in [1.29, 1.82) is 0 Å². The van der Waals surface area contributed by atoms with Gasteiger partial charge in [0, 0.05) is 11.5 Å². The summed E-state index contributed by atoms with van der Waals surface area (Å²) in [7, 11) is 0. The van der Waals surface area contributed by atoms with Crippen LogP contribution in [0.4, 0.5) is 4.39 Å². The molecule has 1 unspecified atom stereocenters. The standard InChI is InChI=1S/C14H11Cl2FN2OS/c15-12-11(8-2-1-3-9(17)6-8)13(16)19-14(18-12)10-7-21-5-4-20-10/h1-3,6,10H,4-5,7H2. The van der Waals surface area contributed by atoms with Gasteiger partial charge in [-0.15, -0.1) is 0 Å². The summed E-state index contributed by atoms with van der Waals surface area (Å²) < 4.78 is 19.0. The second kappa shape index (κ2) is 6.48. The molecule has 2 aromatic rings. The first-order valence-corrected chi connectivity index (χ1v) is 8.24. The number of aromatic nitrogens is 2. The molecule has 0 bridgehead atoms. The molecule has 0 aliphatic carbocycles. The molecule has 1 aromatic carbocycles. The third-order valence-electron chi connectivity index (χ3n) is 3.06. The number of benzene rings is 1. The summed E-state index contributed by atoms with van der Waals surface area (Å²) >= 11 is 14.2. The van der Waals surface area contributed by atoms with Gasteiger partial charge in [0.2, 0.25) is 0 Å². The second-order valence-electron chi connectivity index (χ2n) is 4.48. The zero-order valence-corrected chi connectivity index (χ0v) is 13.2. The van der Waals surface area contributed by atoms with Gasteiger partial charge >= 0.3 is 0 Å². The lowest BCUT2D eigenvalue weighted by atomic mass is 10.1. The van der Waals surface area contributed by atoms with Crippen LogP contribution in [0.15, 0.2) is 24.3 Å². The van der Waals surface area contributed by atoms with Gasteiger partial charge in [0.25, 0.3) is 0 Å². The fourth-order valence-corrected chi connectivity index (χ4v) is 3.54. The Bertz CT molecular complexity index is 642. The average molecular weight is 345 g/mol. The molecular weight excluding hydrogens is 334 g/mol. The smallest absolute Gasteiger partial charge is 0.161 e. The normalized spacial score (nSPS) is 18.7. The highest BCUT2D eigenvalue weighted by atomic mass is 35.5. The maximum absolute atomic E-state index is 13.3. The minimum Gasteiger partial charge on any atom is -0.368 e. The van der Waals surface area contributed by atoms with Gasteiger partial charge in [-0.2, -0.15) is 11.8 Å². The zero-order valence-electron chi connectivity index (χ0n) is 10.9. The molecule has 1 saturated heterocycles. The Kier molecular flexibility index (Phi) is 4.64. The molecule has 0 spiro atoms. The molecule has 1 aliphatic rings. The average Bonchev–Trinajstić information content (AvgIpc) is 2.47. The maximum Gasteiger partial charge on any atom is 0.161 e. The number of halogens is 3. The third kappa shape index (κ3) is 3.31. The lowest BCUT2D eigenvalue weighted by Crippen LogP contribution is -2.18. The largest absolute Gasteiger partial charge is 0.368 e. The molecule has 1 fully saturated rings. The number of nitrogens with zero attached hydrogens (tertiary/aromatic N) is 2. The van der Waals surface area contributed by atoms with E-state index in [0.717, 1.165) is 11.5 Å². The van der Waals surface area contributed by atoms with E-state index in [2.05, 4.69) is 9.97 Å².